The number of aryl methyl sites for hydroxylation is 1. The van der Waals surface area contributed by atoms with Gasteiger partial charge in [0.1, 0.15) is 23.0 Å². The third-order valence-corrected chi connectivity index (χ3v) is 7.27. The second-order valence-corrected chi connectivity index (χ2v) is 11.2. The predicted molar refractivity (Wildman–Crippen MR) is 135 cm³/mol. The fraction of sp³-hybridized carbons (Fsp3) is 0.172. The van der Waals surface area contributed by atoms with Crippen LogP contribution in [0.5, 0.6) is 23.0 Å². The molecule has 0 aliphatic carbocycles. The van der Waals surface area contributed by atoms with Crippen molar-refractivity contribution < 1.29 is 17.9 Å². The van der Waals surface area contributed by atoms with Gasteiger partial charge in [-0.1, -0.05) is 50.6 Å². The molecule has 0 aliphatic heterocycles. The van der Waals surface area contributed by atoms with Crippen LogP contribution in [0.4, 0.5) is 0 Å². The van der Waals surface area contributed by atoms with Crippen LogP contribution in [0.3, 0.4) is 0 Å². The van der Waals surface area contributed by atoms with E-state index < -0.39 is 9.84 Å². The molecule has 0 amide bonds. The summed E-state index contributed by atoms with van der Waals surface area (Å²) in [6, 6.07) is 28.5. The summed E-state index contributed by atoms with van der Waals surface area (Å²) in [4.78, 5) is 0.408. The van der Waals surface area contributed by atoms with Gasteiger partial charge in [0.2, 0.25) is 9.84 Å². The molecule has 0 heterocycles. The topological polar surface area (TPSA) is 52.6 Å². The smallest absolute Gasteiger partial charge is 0.206 e. The summed E-state index contributed by atoms with van der Waals surface area (Å²) in [5.74, 6) is 2.55. The summed E-state index contributed by atoms with van der Waals surface area (Å²) in [6.45, 7) is 8.48. The minimum absolute atomic E-state index is 0.0690. The van der Waals surface area contributed by atoms with E-state index in [-0.39, 0.29) is 15.2 Å². The molecule has 34 heavy (non-hydrogen) atoms. The Labute approximate surface area is 201 Å². The molecule has 4 aromatic carbocycles. The lowest BCUT2D eigenvalue weighted by Crippen LogP contribution is -2.10. The summed E-state index contributed by atoms with van der Waals surface area (Å²) in [6.07, 6.45) is 0. The van der Waals surface area contributed by atoms with Gasteiger partial charge in [0, 0.05) is 0 Å². The predicted octanol–water partition coefficient (Wildman–Crippen LogP) is 7.71. The van der Waals surface area contributed by atoms with Crippen molar-refractivity contribution in [1.29, 1.82) is 0 Å². The minimum Gasteiger partial charge on any atom is -0.457 e. The highest BCUT2D eigenvalue weighted by molar-refractivity contribution is 7.91. The van der Waals surface area contributed by atoms with Gasteiger partial charge in [0.15, 0.2) is 0 Å². The molecule has 0 aromatic heterocycles. The van der Waals surface area contributed by atoms with E-state index in [0.717, 1.165) is 5.56 Å². The summed E-state index contributed by atoms with van der Waals surface area (Å²) < 4.78 is 37.8. The normalized spacial score (nSPS) is 11.8. The first kappa shape index (κ1) is 23.6. The third-order valence-electron chi connectivity index (χ3n) is 5.48. The fourth-order valence-electron chi connectivity index (χ4n) is 3.41. The zero-order chi connectivity index (χ0) is 24.3. The summed E-state index contributed by atoms with van der Waals surface area (Å²) >= 11 is 0. The van der Waals surface area contributed by atoms with Crippen LogP contribution in [0.1, 0.15) is 31.9 Å². The molecule has 0 saturated heterocycles. The number of ether oxygens (including phenoxy) is 2. The molecule has 0 aliphatic rings. The Morgan fingerprint density at radius 3 is 1.21 bits per heavy atom. The van der Waals surface area contributed by atoms with Gasteiger partial charge in [0.05, 0.1) is 9.79 Å². The summed E-state index contributed by atoms with van der Waals surface area (Å²) in [5, 5.41) is 0. The molecule has 0 fully saturated rings. The molecule has 174 valence electrons. The molecular weight excluding hydrogens is 444 g/mol. The molecule has 0 unspecified atom stereocenters. The molecule has 0 saturated carbocycles. The van der Waals surface area contributed by atoms with Gasteiger partial charge in [-0.15, -0.1) is 0 Å². The molecule has 0 spiro atoms. The number of sulfone groups is 1. The molecule has 0 N–H and O–H groups in total. The van der Waals surface area contributed by atoms with Crippen molar-refractivity contribution in [2.45, 2.75) is 42.9 Å². The van der Waals surface area contributed by atoms with Crippen LogP contribution in [-0.4, -0.2) is 8.42 Å². The van der Waals surface area contributed by atoms with E-state index in [0.29, 0.717) is 23.0 Å². The Hall–Kier alpha value is -3.57. The Morgan fingerprint density at radius 1 is 0.529 bits per heavy atom. The fourth-order valence-corrected chi connectivity index (χ4v) is 4.67. The van der Waals surface area contributed by atoms with E-state index in [1.165, 1.54) is 5.56 Å². The molecule has 0 atom stereocenters. The van der Waals surface area contributed by atoms with Gasteiger partial charge < -0.3 is 9.47 Å². The van der Waals surface area contributed by atoms with Crippen molar-refractivity contribution in [1.82, 2.24) is 0 Å². The first-order chi connectivity index (χ1) is 16.1. The van der Waals surface area contributed by atoms with Crippen LogP contribution in [-0.2, 0) is 15.3 Å². The van der Waals surface area contributed by atoms with Crippen LogP contribution in [0, 0.1) is 6.92 Å². The van der Waals surface area contributed by atoms with E-state index >= 15 is 0 Å². The third kappa shape index (κ3) is 5.49. The van der Waals surface area contributed by atoms with Crippen molar-refractivity contribution in [3.05, 3.63) is 108 Å². The summed E-state index contributed by atoms with van der Waals surface area (Å²) in [7, 11) is -3.66. The monoisotopic (exact) mass is 472 g/mol. The highest BCUT2D eigenvalue weighted by Gasteiger charge is 2.18. The largest absolute Gasteiger partial charge is 0.457 e. The van der Waals surface area contributed by atoms with Crippen LogP contribution in [0.25, 0.3) is 0 Å². The van der Waals surface area contributed by atoms with E-state index in [2.05, 4.69) is 20.8 Å². The first-order valence-electron chi connectivity index (χ1n) is 11.1. The number of hydrogen-bond donors (Lipinski definition) is 0. The maximum absolute atomic E-state index is 13.1. The Bertz CT molecular complexity index is 1350. The SMILES string of the molecule is Cc1ccc(Oc2ccc(S(=O)(=O)c3ccc(Oc4ccc(C(C)(C)C)cc4)cc3)cc2)cc1. The quantitative estimate of drug-likeness (QED) is 0.288. The van der Waals surface area contributed by atoms with E-state index in [1.54, 1.807) is 48.5 Å². The number of rotatable bonds is 6. The zero-order valence-corrected chi connectivity index (χ0v) is 20.6. The molecule has 4 aromatic rings. The van der Waals surface area contributed by atoms with Crippen LogP contribution < -0.4 is 9.47 Å². The lowest BCUT2D eigenvalue weighted by atomic mass is 9.87. The van der Waals surface area contributed by atoms with Gasteiger partial charge in [-0.2, -0.15) is 0 Å². The lowest BCUT2D eigenvalue weighted by Gasteiger charge is -2.19. The van der Waals surface area contributed by atoms with Crippen molar-refractivity contribution in [3.8, 4) is 23.0 Å². The van der Waals surface area contributed by atoms with Crippen molar-refractivity contribution in [3.63, 3.8) is 0 Å². The Morgan fingerprint density at radius 2 is 0.853 bits per heavy atom. The van der Waals surface area contributed by atoms with E-state index in [9.17, 15) is 8.42 Å². The van der Waals surface area contributed by atoms with Gasteiger partial charge >= 0.3 is 0 Å². The van der Waals surface area contributed by atoms with Crippen molar-refractivity contribution >= 4 is 9.84 Å². The van der Waals surface area contributed by atoms with Gasteiger partial charge in [-0.3, -0.25) is 0 Å². The lowest BCUT2D eigenvalue weighted by molar-refractivity contribution is 0.481. The Balaban J connectivity index is 1.45. The average molecular weight is 473 g/mol. The van der Waals surface area contributed by atoms with Crippen LogP contribution in [0.15, 0.2) is 107 Å². The average Bonchev–Trinajstić information content (AvgIpc) is 2.81. The molecule has 4 nitrogen and oxygen atoms in total. The molecule has 0 bridgehead atoms. The Kier molecular flexibility index (Phi) is 6.49. The molecular formula is C29H28O4S. The minimum atomic E-state index is -3.66. The first-order valence-corrected chi connectivity index (χ1v) is 12.6. The molecule has 5 heteroatoms. The van der Waals surface area contributed by atoms with Crippen molar-refractivity contribution in [2.24, 2.45) is 0 Å². The van der Waals surface area contributed by atoms with Gasteiger partial charge in [-0.05, 0) is 90.7 Å². The van der Waals surface area contributed by atoms with Crippen LogP contribution in [0.2, 0.25) is 0 Å². The second kappa shape index (κ2) is 9.35. The van der Waals surface area contributed by atoms with Gasteiger partial charge in [0.25, 0.3) is 0 Å². The van der Waals surface area contributed by atoms with Gasteiger partial charge in [-0.25, -0.2) is 8.42 Å². The second-order valence-electron chi connectivity index (χ2n) is 9.24. The van der Waals surface area contributed by atoms with E-state index in [4.69, 9.17) is 9.47 Å². The number of benzene rings is 4. The number of hydrogen-bond acceptors (Lipinski definition) is 4. The summed E-state index contributed by atoms with van der Waals surface area (Å²) in [5.41, 5.74) is 2.43. The standard InChI is InChI=1S/C29H28O4S/c1-21-5-9-23(10-6-21)32-25-13-17-27(18-14-25)34(30,31)28-19-15-26(16-20-28)33-24-11-7-22(8-12-24)29(2,3)4/h5-20H,1-4H3. The zero-order valence-electron chi connectivity index (χ0n) is 19.8. The molecule has 4 rings (SSSR count). The maximum atomic E-state index is 13.1. The maximum Gasteiger partial charge on any atom is 0.206 e. The van der Waals surface area contributed by atoms with Crippen LogP contribution >= 0.6 is 0 Å². The highest BCUT2D eigenvalue weighted by atomic mass is 32.2. The molecule has 0 radical (unpaired) electrons. The van der Waals surface area contributed by atoms with Crippen molar-refractivity contribution in [2.75, 3.05) is 0 Å². The van der Waals surface area contributed by atoms with E-state index in [1.807, 2.05) is 55.5 Å². The highest BCUT2D eigenvalue weighted by Crippen LogP contribution is 2.30.